The Hall–Kier alpha value is -0.540. The summed E-state index contributed by atoms with van der Waals surface area (Å²) < 4.78 is 18.3. The van der Waals surface area contributed by atoms with Gasteiger partial charge in [0.25, 0.3) is 0 Å². The summed E-state index contributed by atoms with van der Waals surface area (Å²) in [4.78, 5) is 0. The summed E-state index contributed by atoms with van der Waals surface area (Å²) >= 11 is 1.77. The first-order valence-corrected chi connectivity index (χ1v) is 5.90. The predicted octanol–water partition coefficient (Wildman–Crippen LogP) is 2.80. The van der Waals surface area contributed by atoms with E-state index in [1.807, 2.05) is 12.1 Å². The molecule has 0 spiro atoms. The third-order valence-electron chi connectivity index (χ3n) is 2.80. The summed E-state index contributed by atoms with van der Waals surface area (Å²) in [5.74, 6) is -0.193. The molecule has 2 atom stereocenters. The van der Waals surface area contributed by atoms with E-state index in [4.69, 9.17) is 4.74 Å². The van der Waals surface area contributed by atoms with Gasteiger partial charge in [-0.3, -0.25) is 0 Å². The van der Waals surface area contributed by atoms with Crippen molar-refractivity contribution in [1.29, 1.82) is 0 Å². The third-order valence-corrected chi connectivity index (χ3v) is 3.89. The molecular formula is C11H13FOS. The Labute approximate surface area is 87.7 Å². The maximum Gasteiger partial charge on any atom is 0.128 e. The Bertz CT molecular complexity index is 319. The van der Waals surface area contributed by atoms with Gasteiger partial charge in [-0.1, -0.05) is 19.1 Å². The van der Waals surface area contributed by atoms with Crippen LogP contribution in [0.5, 0.6) is 0 Å². The molecule has 0 unspecified atom stereocenters. The molecule has 1 aliphatic rings. The molecule has 3 heteroatoms. The number of halogens is 1. The van der Waals surface area contributed by atoms with Gasteiger partial charge in [0, 0.05) is 5.25 Å². The molecule has 0 saturated carbocycles. The van der Waals surface area contributed by atoms with E-state index in [2.05, 4.69) is 13.2 Å². The Morgan fingerprint density at radius 3 is 2.43 bits per heavy atom. The van der Waals surface area contributed by atoms with Gasteiger partial charge in [0.05, 0.1) is 6.61 Å². The minimum atomic E-state index is -0.193. The Balaban J connectivity index is 2.26. The van der Waals surface area contributed by atoms with E-state index in [0.29, 0.717) is 5.25 Å². The molecule has 1 aliphatic heterocycles. The number of hydrogen-bond donors (Lipinski definition) is 0. The fourth-order valence-electron chi connectivity index (χ4n) is 1.64. The minimum absolute atomic E-state index is 0.160. The third kappa shape index (κ3) is 1.55. The molecule has 2 rings (SSSR count). The van der Waals surface area contributed by atoms with Crippen LogP contribution in [-0.4, -0.2) is 18.1 Å². The molecule has 14 heavy (non-hydrogen) atoms. The molecule has 1 heterocycles. The van der Waals surface area contributed by atoms with Crippen molar-refractivity contribution >= 4 is 11.8 Å². The van der Waals surface area contributed by atoms with Crippen molar-refractivity contribution in [3.63, 3.8) is 0 Å². The van der Waals surface area contributed by atoms with Crippen molar-refractivity contribution in [1.82, 2.24) is 0 Å². The van der Waals surface area contributed by atoms with Crippen molar-refractivity contribution in [2.45, 2.75) is 17.8 Å². The van der Waals surface area contributed by atoms with Crippen molar-refractivity contribution in [2.24, 2.45) is 0 Å². The van der Waals surface area contributed by atoms with Crippen LogP contribution in [0.2, 0.25) is 0 Å². The number of rotatable bonds is 3. The number of epoxide rings is 1. The van der Waals surface area contributed by atoms with Crippen LogP contribution in [0.25, 0.3) is 0 Å². The monoisotopic (exact) mass is 212 g/mol. The highest BCUT2D eigenvalue weighted by atomic mass is 32.2. The molecular weight excluding hydrogens is 199 g/mol. The van der Waals surface area contributed by atoms with E-state index < -0.39 is 0 Å². The minimum Gasteiger partial charge on any atom is -0.363 e. The van der Waals surface area contributed by atoms with E-state index in [-0.39, 0.29) is 11.4 Å². The molecule has 76 valence electrons. The molecule has 0 radical (unpaired) electrons. The van der Waals surface area contributed by atoms with E-state index >= 15 is 0 Å². The standard InChI is InChI=1S/C11H13FOS/c1-8(14-2)11(7-13-11)9-3-5-10(12)6-4-9/h3-6,8H,7H2,1-2H3/t8-,11-/m1/s1. The van der Waals surface area contributed by atoms with Gasteiger partial charge in [0.1, 0.15) is 11.4 Å². The summed E-state index contributed by atoms with van der Waals surface area (Å²) in [6.07, 6.45) is 2.07. The smallest absolute Gasteiger partial charge is 0.128 e. The van der Waals surface area contributed by atoms with E-state index in [0.717, 1.165) is 12.2 Å². The first-order chi connectivity index (χ1) is 6.69. The van der Waals surface area contributed by atoms with Gasteiger partial charge in [0.2, 0.25) is 0 Å². The van der Waals surface area contributed by atoms with E-state index in [9.17, 15) is 4.39 Å². The van der Waals surface area contributed by atoms with Crippen molar-refractivity contribution < 1.29 is 9.13 Å². The van der Waals surface area contributed by atoms with E-state index in [1.165, 1.54) is 12.1 Å². The molecule has 0 aromatic heterocycles. The van der Waals surface area contributed by atoms with Crippen LogP contribution in [-0.2, 0) is 10.3 Å². The highest BCUT2D eigenvalue weighted by Crippen LogP contribution is 2.45. The molecule has 0 amide bonds. The van der Waals surface area contributed by atoms with E-state index in [1.54, 1.807) is 11.8 Å². The van der Waals surface area contributed by atoms with Crippen LogP contribution in [0.3, 0.4) is 0 Å². The molecule has 0 aliphatic carbocycles. The first-order valence-electron chi connectivity index (χ1n) is 4.62. The second kappa shape index (κ2) is 3.55. The quantitative estimate of drug-likeness (QED) is 0.714. The topological polar surface area (TPSA) is 12.5 Å². The summed E-state index contributed by atoms with van der Waals surface area (Å²) in [6, 6.07) is 6.61. The Morgan fingerprint density at radius 1 is 1.43 bits per heavy atom. The zero-order valence-electron chi connectivity index (χ0n) is 8.29. The maximum absolute atomic E-state index is 12.7. The second-order valence-electron chi connectivity index (χ2n) is 3.56. The molecule has 0 N–H and O–H groups in total. The van der Waals surface area contributed by atoms with Gasteiger partial charge in [-0.25, -0.2) is 4.39 Å². The highest BCUT2D eigenvalue weighted by Gasteiger charge is 2.50. The van der Waals surface area contributed by atoms with Crippen LogP contribution >= 0.6 is 11.8 Å². The Kier molecular flexibility index (Phi) is 2.54. The van der Waals surface area contributed by atoms with Gasteiger partial charge in [-0.15, -0.1) is 0 Å². The van der Waals surface area contributed by atoms with Gasteiger partial charge < -0.3 is 4.74 Å². The number of thioether (sulfide) groups is 1. The highest BCUT2D eigenvalue weighted by molar-refractivity contribution is 7.99. The lowest BCUT2D eigenvalue weighted by Crippen LogP contribution is -2.21. The van der Waals surface area contributed by atoms with Crippen molar-refractivity contribution in [2.75, 3.05) is 12.9 Å². The van der Waals surface area contributed by atoms with Crippen LogP contribution in [0, 0.1) is 5.82 Å². The number of ether oxygens (including phenoxy) is 1. The maximum atomic E-state index is 12.7. The van der Waals surface area contributed by atoms with Gasteiger partial charge in [-0.2, -0.15) is 11.8 Å². The Morgan fingerprint density at radius 2 is 2.00 bits per heavy atom. The van der Waals surface area contributed by atoms with Crippen LogP contribution in [0.4, 0.5) is 4.39 Å². The average molecular weight is 212 g/mol. The summed E-state index contributed by atoms with van der Waals surface area (Å²) in [5.41, 5.74) is 0.924. The lowest BCUT2D eigenvalue weighted by molar-refractivity contribution is 0.307. The lowest BCUT2D eigenvalue weighted by Gasteiger charge is -2.18. The molecule has 1 nitrogen and oxygen atoms in total. The summed E-state index contributed by atoms with van der Waals surface area (Å²) in [7, 11) is 0. The fraction of sp³-hybridized carbons (Fsp3) is 0.455. The van der Waals surface area contributed by atoms with Crippen molar-refractivity contribution in [3.05, 3.63) is 35.6 Å². The number of benzene rings is 1. The first kappa shape index (κ1) is 9.99. The van der Waals surface area contributed by atoms with Crippen molar-refractivity contribution in [3.8, 4) is 0 Å². The molecule has 0 bridgehead atoms. The summed E-state index contributed by atoms with van der Waals surface area (Å²) in [5, 5.41) is 0.410. The molecule has 1 aromatic rings. The molecule has 1 fully saturated rings. The largest absolute Gasteiger partial charge is 0.363 e. The SMILES string of the molecule is CS[C@H](C)[C@@]1(c2ccc(F)cc2)CO1. The normalized spacial score (nSPS) is 27.4. The zero-order chi connectivity index (χ0) is 10.2. The average Bonchev–Trinajstić information content (AvgIpc) is 2.99. The zero-order valence-corrected chi connectivity index (χ0v) is 9.10. The van der Waals surface area contributed by atoms with Crippen LogP contribution < -0.4 is 0 Å². The van der Waals surface area contributed by atoms with Gasteiger partial charge in [-0.05, 0) is 24.0 Å². The summed E-state index contributed by atoms with van der Waals surface area (Å²) in [6.45, 7) is 2.89. The van der Waals surface area contributed by atoms with Gasteiger partial charge in [0.15, 0.2) is 0 Å². The number of hydrogen-bond acceptors (Lipinski definition) is 2. The molecule has 1 aromatic carbocycles. The molecule has 1 saturated heterocycles. The predicted molar refractivity (Wildman–Crippen MR) is 57.0 cm³/mol. The lowest BCUT2D eigenvalue weighted by atomic mass is 9.97. The fourth-order valence-corrected chi connectivity index (χ4v) is 2.29. The van der Waals surface area contributed by atoms with Gasteiger partial charge >= 0.3 is 0 Å². The second-order valence-corrected chi connectivity index (χ2v) is 4.74. The van der Waals surface area contributed by atoms with Crippen LogP contribution in [0.15, 0.2) is 24.3 Å². The van der Waals surface area contributed by atoms with Crippen LogP contribution in [0.1, 0.15) is 12.5 Å².